The van der Waals surface area contributed by atoms with Gasteiger partial charge in [0.05, 0.1) is 36.8 Å². The third-order valence-electron chi connectivity index (χ3n) is 5.28. The summed E-state index contributed by atoms with van der Waals surface area (Å²) in [7, 11) is 0. The first-order valence-electron chi connectivity index (χ1n) is 10.0. The van der Waals surface area contributed by atoms with Gasteiger partial charge in [-0.1, -0.05) is 0 Å². The average molecular weight is 401 g/mol. The lowest BCUT2D eigenvalue weighted by atomic mass is 10.2. The van der Waals surface area contributed by atoms with Crippen LogP contribution in [0, 0.1) is 24.0 Å². The van der Waals surface area contributed by atoms with Gasteiger partial charge in [-0.15, -0.1) is 0 Å². The van der Waals surface area contributed by atoms with Gasteiger partial charge in [-0.2, -0.15) is 5.10 Å². The first-order valence-corrected chi connectivity index (χ1v) is 10.0. The number of hydrogen-bond acceptors (Lipinski definition) is 5. The van der Waals surface area contributed by atoms with E-state index >= 15 is 0 Å². The normalized spacial score (nSPS) is 14.8. The van der Waals surface area contributed by atoms with E-state index in [1.165, 1.54) is 17.0 Å². The molecule has 156 valence electrons. The van der Waals surface area contributed by atoms with Gasteiger partial charge in [0.15, 0.2) is 6.54 Å². The minimum Gasteiger partial charge on any atom is -0.360 e. The van der Waals surface area contributed by atoms with Gasteiger partial charge in [-0.3, -0.25) is 19.6 Å². The molecule has 1 aliphatic heterocycles. The van der Waals surface area contributed by atoms with Crippen LogP contribution in [0.5, 0.6) is 0 Å². The summed E-state index contributed by atoms with van der Waals surface area (Å²) >= 11 is 0. The number of nitrogens with one attached hydrogen (secondary N) is 2. The van der Waals surface area contributed by atoms with Crippen LogP contribution in [-0.2, 0) is 11.3 Å². The number of nitro groups is 1. The fourth-order valence-corrected chi connectivity index (χ4v) is 3.69. The molecule has 0 aliphatic carbocycles. The zero-order valence-corrected chi connectivity index (χ0v) is 17.1. The number of hydrogen-bond donors (Lipinski definition) is 2. The molecule has 2 heterocycles. The van der Waals surface area contributed by atoms with Gasteiger partial charge in [-0.05, 0) is 38.5 Å². The molecule has 0 unspecified atom stereocenters. The number of aryl methyl sites for hydroxylation is 3. The molecule has 0 atom stereocenters. The Bertz CT molecular complexity index is 840. The number of nitrogens with zero attached hydrogens (tertiary/aromatic N) is 4. The van der Waals surface area contributed by atoms with Crippen LogP contribution in [0.25, 0.3) is 0 Å². The number of amides is 1. The highest BCUT2D eigenvalue weighted by Gasteiger charge is 2.22. The summed E-state index contributed by atoms with van der Waals surface area (Å²) in [6.45, 7) is 9.37. The Morgan fingerprint density at radius 1 is 1.24 bits per heavy atom. The molecule has 9 heteroatoms. The van der Waals surface area contributed by atoms with Crippen LogP contribution in [0.3, 0.4) is 0 Å². The topological polar surface area (TPSA) is 97.7 Å². The zero-order chi connectivity index (χ0) is 20.8. The Kier molecular flexibility index (Phi) is 6.82. The number of quaternary nitrogens is 1. The molecule has 1 saturated heterocycles. The Morgan fingerprint density at radius 2 is 1.93 bits per heavy atom. The van der Waals surface area contributed by atoms with Crippen LogP contribution in [0.4, 0.5) is 11.4 Å². The number of anilines is 1. The van der Waals surface area contributed by atoms with E-state index < -0.39 is 0 Å². The van der Waals surface area contributed by atoms with Crippen LogP contribution in [0.2, 0.25) is 0 Å². The van der Waals surface area contributed by atoms with Crippen LogP contribution in [-0.4, -0.2) is 59.9 Å². The second kappa shape index (κ2) is 9.51. The molecular formula is C20H29N6O3+. The number of non-ortho nitro benzene ring substituents is 1. The predicted molar refractivity (Wildman–Crippen MR) is 110 cm³/mol. The number of nitro benzene ring substituents is 1. The highest BCUT2D eigenvalue weighted by Crippen LogP contribution is 2.19. The average Bonchev–Trinajstić information content (AvgIpc) is 3.03. The van der Waals surface area contributed by atoms with Gasteiger partial charge in [0.1, 0.15) is 0 Å². The van der Waals surface area contributed by atoms with Crippen LogP contribution in [0.1, 0.15) is 17.8 Å². The molecule has 1 aliphatic rings. The van der Waals surface area contributed by atoms with Crippen LogP contribution >= 0.6 is 0 Å². The Morgan fingerprint density at radius 3 is 2.52 bits per heavy atom. The Hall–Kier alpha value is -2.94. The Labute approximate surface area is 170 Å². The fraction of sp³-hybridized carbons (Fsp3) is 0.500. The van der Waals surface area contributed by atoms with E-state index in [1.807, 2.05) is 18.5 Å². The molecule has 0 radical (unpaired) electrons. The summed E-state index contributed by atoms with van der Waals surface area (Å²) in [4.78, 5) is 26.1. The number of piperazine rings is 1. The SMILES string of the molecule is Cc1cc(C)n(CCCNC(=O)C[NH+]2CCN(c3ccc([N+](=O)[O-])cc3)CC2)n1. The van der Waals surface area contributed by atoms with Crippen molar-refractivity contribution >= 4 is 17.3 Å². The Balaban J connectivity index is 1.35. The van der Waals surface area contributed by atoms with E-state index in [1.54, 1.807) is 12.1 Å². The van der Waals surface area contributed by atoms with Crippen molar-refractivity contribution in [3.63, 3.8) is 0 Å². The number of aromatic nitrogens is 2. The van der Waals surface area contributed by atoms with Crippen molar-refractivity contribution in [2.45, 2.75) is 26.8 Å². The highest BCUT2D eigenvalue weighted by atomic mass is 16.6. The molecule has 3 rings (SSSR count). The third kappa shape index (κ3) is 5.77. The lowest BCUT2D eigenvalue weighted by Crippen LogP contribution is -3.15. The maximum absolute atomic E-state index is 12.2. The largest absolute Gasteiger partial charge is 0.360 e. The first-order chi connectivity index (χ1) is 13.9. The quantitative estimate of drug-likeness (QED) is 0.377. The van der Waals surface area contributed by atoms with Crippen molar-refractivity contribution in [2.75, 3.05) is 44.2 Å². The second-order valence-electron chi connectivity index (χ2n) is 7.54. The smallest absolute Gasteiger partial charge is 0.275 e. The molecule has 1 aromatic carbocycles. The fourth-order valence-electron chi connectivity index (χ4n) is 3.69. The van der Waals surface area contributed by atoms with Crippen molar-refractivity contribution in [1.82, 2.24) is 15.1 Å². The van der Waals surface area contributed by atoms with E-state index in [4.69, 9.17) is 0 Å². The molecule has 0 bridgehead atoms. The maximum atomic E-state index is 12.2. The monoisotopic (exact) mass is 401 g/mol. The summed E-state index contributed by atoms with van der Waals surface area (Å²) in [6.07, 6.45) is 0.858. The molecule has 1 amide bonds. The van der Waals surface area contributed by atoms with Gasteiger partial charge in [-0.25, -0.2) is 0 Å². The van der Waals surface area contributed by atoms with E-state index in [2.05, 4.69) is 21.4 Å². The zero-order valence-electron chi connectivity index (χ0n) is 17.1. The van der Waals surface area contributed by atoms with E-state index in [9.17, 15) is 14.9 Å². The molecule has 0 spiro atoms. The maximum Gasteiger partial charge on any atom is 0.275 e. The van der Waals surface area contributed by atoms with Crippen molar-refractivity contribution in [1.29, 1.82) is 0 Å². The minimum absolute atomic E-state index is 0.0807. The molecular weight excluding hydrogens is 372 g/mol. The number of carbonyl (C=O) groups is 1. The van der Waals surface area contributed by atoms with E-state index in [-0.39, 0.29) is 16.5 Å². The van der Waals surface area contributed by atoms with Crippen molar-refractivity contribution in [3.8, 4) is 0 Å². The standard InChI is InChI=1S/C20H28N6O3/c1-16-14-17(2)25(22-16)9-3-8-21-20(27)15-23-10-12-24(13-11-23)18-4-6-19(7-5-18)26(28)29/h4-7,14H,3,8-13,15H2,1-2H3,(H,21,27)/p+1. The molecule has 0 saturated carbocycles. The van der Waals surface area contributed by atoms with E-state index in [0.717, 1.165) is 56.2 Å². The first kappa shape index (κ1) is 20.8. The number of rotatable bonds is 8. The molecule has 1 aromatic heterocycles. The minimum atomic E-state index is -0.387. The molecule has 2 aromatic rings. The molecule has 1 fully saturated rings. The lowest BCUT2D eigenvalue weighted by molar-refractivity contribution is -0.892. The summed E-state index contributed by atoms with van der Waals surface area (Å²) in [5.74, 6) is 0.0807. The van der Waals surface area contributed by atoms with Crippen molar-refractivity contribution in [3.05, 3.63) is 51.8 Å². The van der Waals surface area contributed by atoms with Gasteiger partial charge < -0.3 is 15.1 Å². The summed E-state index contributed by atoms with van der Waals surface area (Å²) in [6, 6.07) is 8.71. The van der Waals surface area contributed by atoms with E-state index in [0.29, 0.717) is 13.1 Å². The summed E-state index contributed by atoms with van der Waals surface area (Å²) < 4.78 is 1.98. The second-order valence-corrected chi connectivity index (χ2v) is 7.54. The predicted octanol–water partition coefficient (Wildman–Crippen LogP) is 0.320. The van der Waals surface area contributed by atoms with Gasteiger partial charge in [0.2, 0.25) is 0 Å². The summed E-state index contributed by atoms with van der Waals surface area (Å²) in [5, 5.41) is 18.2. The summed E-state index contributed by atoms with van der Waals surface area (Å²) in [5.41, 5.74) is 3.25. The highest BCUT2D eigenvalue weighted by molar-refractivity contribution is 5.76. The van der Waals surface area contributed by atoms with Crippen LogP contribution < -0.4 is 15.1 Å². The lowest BCUT2D eigenvalue weighted by Gasteiger charge is -2.33. The van der Waals surface area contributed by atoms with Crippen LogP contribution in [0.15, 0.2) is 30.3 Å². The van der Waals surface area contributed by atoms with Crippen molar-refractivity contribution < 1.29 is 14.6 Å². The number of carbonyl (C=O) groups excluding carboxylic acids is 1. The molecule has 29 heavy (non-hydrogen) atoms. The third-order valence-corrected chi connectivity index (χ3v) is 5.28. The van der Waals surface area contributed by atoms with Gasteiger partial charge in [0, 0.05) is 36.6 Å². The molecule has 2 N–H and O–H groups in total. The van der Waals surface area contributed by atoms with Gasteiger partial charge >= 0.3 is 0 Å². The molecule has 9 nitrogen and oxygen atoms in total. The van der Waals surface area contributed by atoms with Crippen molar-refractivity contribution in [2.24, 2.45) is 0 Å². The number of benzene rings is 1. The van der Waals surface area contributed by atoms with Gasteiger partial charge in [0.25, 0.3) is 11.6 Å².